The van der Waals surface area contributed by atoms with E-state index in [9.17, 15) is 5.11 Å². The fourth-order valence-corrected chi connectivity index (χ4v) is 2.75. The second kappa shape index (κ2) is 6.95. The number of hydrogen-bond acceptors (Lipinski definition) is 3. The number of aliphatic hydroxyl groups is 1. The second-order valence-electron chi connectivity index (χ2n) is 5.26. The molecule has 18 heavy (non-hydrogen) atoms. The van der Waals surface area contributed by atoms with Crippen LogP contribution in [0.4, 0.5) is 0 Å². The van der Waals surface area contributed by atoms with Crippen LogP contribution < -0.4 is 5.73 Å². The van der Waals surface area contributed by atoms with Crippen LogP contribution in [-0.4, -0.2) is 54.9 Å². The molecule has 3 N–H and O–H groups in total. The van der Waals surface area contributed by atoms with Crippen molar-refractivity contribution in [3.05, 3.63) is 0 Å². The lowest BCUT2D eigenvalue weighted by Gasteiger charge is -2.29. The molecule has 5 nitrogen and oxygen atoms in total. The third kappa shape index (κ3) is 3.85. The van der Waals surface area contributed by atoms with Gasteiger partial charge in [-0.3, -0.25) is 4.99 Å². The van der Waals surface area contributed by atoms with Crippen LogP contribution in [0.1, 0.15) is 32.1 Å². The minimum Gasteiger partial charge on any atom is -0.391 e. The molecule has 0 radical (unpaired) electrons. The number of hydrogen-bond donors (Lipinski definition) is 2. The van der Waals surface area contributed by atoms with Gasteiger partial charge in [-0.15, -0.1) is 0 Å². The molecular weight excluding hydrogens is 230 g/mol. The van der Waals surface area contributed by atoms with Crippen LogP contribution in [0.15, 0.2) is 4.99 Å². The zero-order valence-corrected chi connectivity index (χ0v) is 11.1. The summed E-state index contributed by atoms with van der Waals surface area (Å²) >= 11 is 0. The topological polar surface area (TPSA) is 71.1 Å². The van der Waals surface area contributed by atoms with E-state index < -0.39 is 0 Å². The normalized spacial score (nSPS) is 25.2. The predicted molar refractivity (Wildman–Crippen MR) is 71.5 cm³/mol. The van der Waals surface area contributed by atoms with E-state index >= 15 is 0 Å². The molecule has 0 spiro atoms. The van der Waals surface area contributed by atoms with E-state index in [1.807, 2.05) is 4.90 Å². The number of rotatable bonds is 3. The molecule has 0 aromatic carbocycles. The molecule has 1 unspecified atom stereocenters. The number of ether oxygens (including phenoxy) is 1. The average Bonchev–Trinajstić information content (AvgIpc) is 2.46. The van der Waals surface area contributed by atoms with Gasteiger partial charge >= 0.3 is 0 Å². The summed E-state index contributed by atoms with van der Waals surface area (Å²) in [5, 5.41) is 10.1. The first kappa shape index (κ1) is 13.6. The molecule has 1 atom stereocenters. The van der Waals surface area contributed by atoms with Gasteiger partial charge in [0.1, 0.15) is 0 Å². The van der Waals surface area contributed by atoms with Gasteiger partial charge in [-0.25, -0.2) is 0 Å². The van der Waals surface area contributed by atoms with Gasteiger partial charge in [0.25, 0.3) is 0 Å². The van der Waals surface area contributed by atoms with Crippen LogP contribution >= 0.6 is 0 Å². The largest absolute Gasteiger partial charge is 0.391 e. The minimum atomic E-state index is -0.329. The molecule has 2 rings (SSSR count). The zero-order valence-electron chi connectivity index (χ0n) is 11.1. The molecule has 2 fully saturated rings. The van der Waals surface area contributed by atoms with Crippen molar-refractivity contribution in [3.8, 4) is 0 Å². The molecule has 0 bridgehead atoms. The van der Waals surface area contributed by atoms with E-state index in [1.165, 1.54) is 19.3 Å². The molecule has 1 aliphatic heterocycles. The molecule has 1 heterocycles. The Balaban J connectivity index is 1.77. The summed E-state index contributed by atoms with van der Waals surface area (Å²) in [4.78, 5) is 6.36. The molecule has 1 saturated heterocycles. The number of morpholine rings is 1. The summed E-state index contributed by atoms with van der Waals surface area (Å²) in [5.74, 6) is 0.966. The molecule has 1 saturated carbocycles. The maximum Gasteiger partial charge on any atom is 0.191 e. The average molecular weight is 255 g/mol. The Bertz CT molecular complexity index is 271. The highest BCUT2D eigenvalue weighted by Crippen LogP contribution is 2.26. The van der Waals surface area contributed by atoms with Crippen molar-refractivity contribution in [3.63, 3.8) is 0 Å². The Kier molecular flexibility index (Phi) is 5.26. The third-order valence-corrected chi connectivity index (χ3v) is 3.97. The Morgan fingerprint density at radius 1 is 1.28 bits per heavy atom. The van der Waals surface area contributed by atoms with Crippen molar-refractivity contribution in [2.24, 2.45) is 16.6 Å². The molecule has 0 amide bonds. The van der Waals surface area contributed by atoms with E-state index in [0.29, 0.717) is 31.6 Å². The maximum atomic E-state index is 10.1. The van der Waals surface area contributed by atoms with E-state index in [0.717, 1.165) is 25.9 Å². The van der Waals surface area contributed by atoms with Crippen molar-refractivity contribution >= 4 is 5.96 Å². The quantitative estimate of drug-likeness (QED) is 0.571. The highest BCUT2D eigenvalue weighted by Gasteiger charge is 2.21. The smallest absolute Gasteiger partial charge is 0.191 e. The summed E-state index contributed by atoms with van der Waals surface area (Å²) in [6.45, 7) is 3.46. The SMILES string of the molecule is NC(=NCC(O)C1CCCCC1)N1CCOCC1. The van der Waals surface area contributed by atoms with Crippen LogP contribution in [0.3, 0.4) is 0 Å². The lowest BCUT2D eigenvalue weighted by molar-refractivity contribution is 0.0665. The second-order valence-corrected chi connectivity index (χ2v) is 5.26. The molecule has 104 valence electrons. The summed E-state index contributed by atoms with van der Waals surface area (Å²) < 4.78 is 5.27. The lowest BCUT2D eigenvalue weighted by atomic mass is 9.85. The summed E-state index contributed by atoms with van der Waals surface area (Å²) in [5.41, 5.74) is 5.94. The van der Waals surface area contributed by atoms with E-state index in [-0.39, 0.29) is 6.10 Å². The van der Waals surface area contributed by atoms with Gasteiger partial charge in [-0.2, -0.15) is 0 Å². The van der Waals surface area contributed by atoms with E-state index in [1.54, 1.807) is 0 Å². The summed E-state index contributed by atoms with van der Waals surface area (Å²) in [6, 6.07) is 0. The third-order valence-electron chi connectivity index (χ3n) is 3.97. The minimum absolute atomic E-state index is 0.329. The van der Waals surface area contributed by atoms with Crippen LogP contribution in [0, 0.1) is 5.92 Å². The van der Waals surface area contributed by atoms with Gasteiger partial charge in [-0.05, 0) is 18.8 Å². The fourth-order valence-electron chi connectivity index (χ4n) is 2.75. The van der Waals surface area contributed by atoms with Gasteiger partial charge in [-0.1, -0.05) is 19.3 Å². The Morgan fingerprint density at radius 2 is 1.94 bits per heavy atom. The first-order valence-electron chi connectivity index (χ1n) is 7.08. The van der Waals surface area contributed by atoms with Crippen molar-refractivity contribution in [2.75, 3.05) is 32.8 Å². The van der Waals surface area contributed by atoms with Crippen molar-refractivity contribution in [1.82, 2.24) is 4.90 Å². The van der Waals surface area contributed by atoms with Crippen LogP contribution in [-0.2, 0) is 4.74 Å². The highest BCUT2D eigenvalue weighted by molar-refractivity contribution is 5.78. The summed E-state index contributed by atoms with van der Waals surface area (Å²) in [6.07, 6.45) is 5.73. The molecule has 0 aromatic heterocycles. The van der Waals surface area contributed by atoms with Gasteiger partial charge in [0.05, 0.1) is 25.9 Å². The Labute approximate surface area is 109 Å². The number of nitrogens with zero attached hydrogens (tertiary/aromatic N) is 2. The molecule has 0 aromatic rings. The number of nitrogens with two attached hydrogens (primary N) is 1. The zero-order chi connectivity index (χ0) is 12.8. The lowest BCUT2D eigenvalue weighted by Crippen LogP contribution is -2.45. The van der Waals surface area contributed by atoms with E-state index in [2.05, 4.69) is 4.99 Å². The van der Waals surface area contributed by atoms with Gasteiger partial charge < -0.3 is 20.5 Å². The Morgan fingerprint density at radius 3 is 2.61 bits per heavy atom. The monoisotopic (exact) mass is 255 g/mol. The summed E-state index contributed by atoms with van der Waals surface area (Å²) in [7, 11) is 0. The molecular formula is C13H25N3O2. The first-order valence-corrected chi connectivity index (χ1v) is 7.08. The van der Waals surface area contributed by atoms with Gasteiger partial charge in [0.15, 0.2) is 5.96 Å². The molecule has 2 aliphatic rings. The van der Waals surface area contributed by atoms with Crippen LogP contribution in [0.25, 0.3) is 0 Å². The first-order chi connectivity index (χ1) is 8.77. The van der Waals surface area contributed by atoms with E-state index in [4.69, 9.17) is 10.5 Å². The fraction of sp³-hybridized carbons (Fsp3) is 0.923. The highest BCUT2D eigenvalue weighted by atomic mass is 16.5. The maximum absolute atomic E-state index is 10.1. The molecule has 1 aliphatic carbocycles. The number of aliphatic imine (C=N–C) groups is 1. The van der Waals surface area contributed by atoms with Gasteiger partial charge in [0, 0.05) is 13.1 Å². The van der Waals surface area contributed by atoms with Crippen molar-refractivity contribution < 1.29 is 9.84 Å². The number of aliphatic hydroxyl groups excluding tert-OH is 1. The van der Waals surface area contributed by atoms with Crippen molar-refractivity contribution in [2.45, 2.75) is 38.2 Å². The Hall–Kier alpha value is -0.810. The predicted octanol–water partition coefficient (Wildman–Crippen LogP) is 0.574. The van der Waals surface area contributed by atoms with Crippen LogP contribution in [0.2, 0.25) is 0 Å². The van der Waals surface area contributed by atoms with Gasteiger partial charge in [0.2, 0.25) is 0 Å². The van der Waals surface area contributed by atoms with Crippen molar-refractivity contribution in [1.29, 1.82) is 0 Å². The standard InChI is InChI=1S/C13H25N3O2/c14-13(16-6-8-18-9-7-16)15-10-12(17)11-4-2-1-3-5-11/h11-12,17H,1-10H2,(H2,14,15). The molecule has 5 heteroatoms. The van der Waals surface area contributed by atoms with Crippen LogP contribution in [0.5, 0.6) is 0 Å². The number of guanidine groups is 1.